The van der Waals surface area contributed by atoms with Gasteiger partial charge < -0.3 is 5.32 Å². The smallest absolute Gasteiger partial charge is 0.238 e. The van der Waals surface area contributed by atoms with E-state index in [0.717, 1.165) is 16.8 Å². The minimum Gasteiger partial charge on any atom is -0.325 e. The predicted octanol–water partition coefficient (Wildman–Crippen LogP) is 3.12. The van der Waals surface area contributed by atoms with Crippen molar-refractivity contribution in [3.8, 4) is 0 Å². The Labute approximate surface area is 112 Å². The van der Waals surface area contributed by atoms with Crippen LogP contribution in [0.4, 0.5) is 0 Å². The molecule has 0 saturated heterocycles. The summed E-state index contributed by atoms with van der Waals surface area (Å²) in [6.07, 6.45) is 2.01. The van der Waals surface area contributed by atoms with Crippen molar-refractivity contribution < 1.29 is 4.79 Å². The molecular weight excluding hydrogens is 234 g/mol. The maximum atomic E-state index is 12.3. The van der Waals surface area contributed by atoms with E-state index in [2.05, 4.69) is 5.32 Å². The van der Waals surface area contributed by atoms with Crippen LogP contribution in [0.2, 0.25) is 0 Å². The van der Waals surface area contributed by atoms with Gasteiger partial charge in [0.15, 0.2) is 0 Å². The SMILES string of the molecule is CC1(c2ccccc2)C=C(c2ccccc2)NC1=O. The van der Waals surface area contributed by atoms with E-state index in [1.165, 1.54) is 0 Å². The van der Waals surface area contributed by atoms with Crippen molar-refractivity contribution in [1.82, 2.24) is 5.32 Å². The quantitative estimate of drug-likeness (QED) is 0.870. The first-order valence-electron chi connectivity index (χ1n) is 6.35. The van der Waals surface area contributed by atoms with Crippen LogP contribution >= 0.6 is 0 Å². The van der Waals surface area contributed by atoms with E-state index in [1.807, 2.05) is 73.7 Å². The summed E-state index contributed by atoms with van der Waals surface area (Å²) in [4.78, 5) is 12.3. The van der Waals surface area contributed by atoms with Crippen LogP contribution < -0.4 is 5.32 Å². The lowest BCUT2D eigenvalue weighted by atomic mass is 9.83. The Morgan fingerprint density at radius 3 is 2.11 bits per heavy atom. The average Bonchev–Trinajstić information content (AvgIpc) is 2.78. The number of carbonyl (C=O) groups excluding carboxylic acids is 1. The molecule has 0 bridgehead atoms. The Morgan fingerprint density at radius 2 is 1.47 bits per heavy atom. The van der Waals surface area contributed by atoms with Crippen LogP contribution in [-0.2, 0) is 10.2 Å². The second kappa shape index (κ2) is 4.39. The molecule has 19 heavy (non-hydrogen) atoms. The first-order valence-corrected chi connectivity index (χ1v) is 6.35. The Hall–Kier alpha value is -2.35. The minimum atomic E-state index is -0.591. The summed E-state index contributed by atoms with van der Waals surface area (Å²) in [5, 5.41) is 2.98. The fourth-order valence-electron chi connectivity index (χ4n) is 2.41. The van der Waals surface area contributed by atoms with Crippen molar-refractivity contribution in [2.45, 2.75) is 12.3 Å². The second-order valence-corrected chi connectivity index (χ2v) is 4.95. The van der Waals surface area contributed by atoms with Crippen LogP contribution in [0.5, 0.6) is 0 Å². The van der Waals surface area contributed by atoms with Crippen molar-refractivity contribution in [1.29, 1.82) is 0 Å². The van der Waals surface area contributed by atoms with Gasteiger partial charge in [-0.3, -0.25) is 4.79 Å². The lowest BCUT2D eigenvalue weighted by Gasteiger charge is -2.19. The van der Waals surface area contributed by atoms with Crippen LogP contribution in [-0.4, -0.2) is 5.91 Å². The van der Waals surface area contributed by atoms with E-state index in [0.29, 0.717) is 0 Å². The number of rotatable bonds is 2. The molecule has 0 radical (unpaired) electrons. The first-order chi connectivity index (χ1) is 9.20. The molecule has 94 valence electrons. The summed E-state index contributed by atoms with van der Waals surface area (Å²) in [7, 11) is 0. The fraction of sp³-hybridized carbons (Fsp3) is 0.118. The molecule has 1 amide bonds. The molecule has 2 aromatic rings. The van der Waals surface area contributed by atoms with Crippen molar-refractivity contribution in [2.24, 2.45) is 0 Å². The van der Waals surface area contributed by atoms with E-state index in [1.54, 1.807) is 0 Å². The highest BCUT2D eigenvalue weighted by Gasteiger charge is 2.38. The van der Waals surface area contributed by atoms with Crippen LogP contribution in [0.15, 0.2) is 66.7 Å². The Balaban J connectivity index is 2.05. The molecule has 1 atom stereocenters. The van der Waals surface area contributed by atoms with E-state index in [4.69, 9.17) is 0 Å². The normalized spacial score (nSPS) is 21.9. The summed E-state index contributed by atoms with van der Waals surface area (Å²) >= 11 is 0. The number of hydrogen-bond donors (Lipinski definition) is 1. The summed E-state index contributed by atoms with van der Waals surface area (Å²) in [6, 6.07) is 19.8. The summed E-state index contributed by atoms with van der Waals surface area (Å²) in [5.41, 5.74) is 2.35. The highest BCUT2D eigenvalue weighted by atomic mass is 16.2. The zero-order chi connectivity index (χ0) is 13.3. The molecule has 0 saturated carbocycles. The fourth-order valence-corrected chi connectivity index (χ4v) is 2.41. The van der Waals surface area contributed by atoms with Gasteiger partial charge in [0.25, 0.3) is 0 Å². The standard InChI is InChI=1S/C17H15NO/c1-17(14-10-6-3-7-11-14)12-15(18-16(17)19)13-8-4-2-5-9-13/h2-12H,1H3,(H,18,19). The third kappa shape index (κ3) is 1.95. The highest BCUT2D eigenvalue weighted by molar-refractivity contribution is 6.02. The maximum absolute atomic E-state index is 12.3. The number of hydrogen-bond acceptors (Lipinski definition) is 1. The van der Waals surface area contributed by atoms with Gasteiger partial charge in [-0.1, -0.05) is 60.7 Å². The van der Waals surface area contributed by atoms with Crippen LogP contribution in [0.3, 0.4) is 0 Å². The van der Waals surface area contributed by atoms with Gasteiger partial charge in [0, 0.05) is 5.70 Å². The van der Waals surface area contributed by atoms with Gasteiger partial charge in [0.05, 0.1) is 5.41 Å². The molecule has 1 unspecified atom stereocenters. The first kappa shape index (κ1) is 11.7. The molecule has 0 spiro atoms. The van der Waals surface area contributed by atoms with E-state index in [-0.39, 0.29) is 5.91 Å². The number of nitrogens with one attached hydrogen (secondary N) is 1. The lowest BCUT2D eigenvalue weighted by molar-refractivity contribution is -0.122. The molecule has 0 aromatic heterocycles. The van der Waals surface area contributed by atoms with Gasteiger partial charge in [-0.15, -0.1) is 0 Å². The molecule has 1 aliphatic rings. The van der Waals surface area contributed by atoms with Crippen molar-refractivity contribution in [2.75, 3.05) is 0 Å². The van der Waals surface area contributed by atoms with Gasteiger partial charge in [-0.25, -0.2) is 0 Å². The highest BCUT2D eigenvalue weighted by Crippen LogP contribution is 2.33. The maximum Gasteiger partial charge on any atom is 0.238 e. The molecule has 3 rings (SSSR count). The topological polar surface area (TPSA) is 29.1 Å². The van der Waals surface area contributed by atoms with Gasteiger partial charge in [0.2, 0.25) is 5.91 Å². The number of benzene rings is 2. The lowest BCUT2D eigenvalue weighted by Crippen LogP contribution is -2.33. The van der Waals surface area contributed by atoms with Gasteiger partial charge in [-0.2, -0.15) is 0 Å². The molecule has 2 aromatic carbocycles. The zero-order valence-electron chi connectivity index (χ0n) is 10.8. The third-order valence-electron chi connectivity index (χ3n) is 3.61. The molecule has 0 fully saturated rings. The number of amides is 1. The number of carbonyl (C=O) groups is 1. The predicted molar refractivity (Wildman–Crippen MR) is 76.4 cm³/mol. The van der Waals surface area contributed by atoms with E-state index in [9.17, 15) is 4.79 Å². The molecular formula is C17H15NO. The van der Waals surface area contributed by atoms with Gasteiger partial charge in [-0.05, 0) is 24.1 Å². The summed E-state index contributed by atoms with van der Waals surface area (Å²) < 4.78 is 0. The second-order valence-electron chi connectivity index (χ2n) is 4.95. The molecule has 0 aliphatic carbocycles. The molecule has 1 heterocycles. The van der Waals surface area contributed by atoms with Crippen molar-refractivity contribution in [3.63, 3.8) is 0 Å². The average molecular weight is 249 g/mol. The molecule has 1 aliphatic heterocycles. The minimum absolute atomic E-state index is 0.0255. The van der Waals surface area contributed by atoms with E-state index >= 15 is 0 Å². The Bertz CT molecular complexity index is 631. The summed E-state index contributed by atoms with van der Waals surface area (Å²) in [5.74, 6) is 0.0255. The molecule has 1 N–H and O–H groups in total. The third-order valence-corrected chi connectivity index (χ3v) is 3.61. The van der Waals surface area contributed by atoms with Gasteiger partial charge >= 0.3 is 0 Å². The largest absolute Gasteiger partial charge is 0.325 e. The van der Waals surface area contributed by atoms with E-state index < -0.39 is 5.41 Å². The summed E-state index contributed by atoms with van der Waals surface area (Å²) in [6.45, 7) is 1.95. The van der Waals surface area contributed by atoms with Gasteiger partial charge in [0.1, 0.15) is 0 Å². The van der Waals surface area contributed by atoms with Crippen molar-refractivity contribution >= 4 is 11.6 Å². The zero-order valence-corrected chi connectivity index (χ0v) is 10.8. The monoisotopic (exact) mass is 249 g/mol. The molecule has 2 heteroatoms. The van der Waals surface area contributed by atoms with Crippen molar-refractivity contribution in [3.05, 3.63) is 77.9 Å². The van der Waals surface area contributed by atoms with Crippen LogP contribution in [0.1, 0.15) is 18.1 Å². The van der Waals surface area contributed by atoms with Crippen LogP contribution in [0, 0.1) is 0 Å². The Kier molecular flexibility index (Phi) is 2.71. The Morgan fingerprint density at radius 1 is 0.895 bits per heavy atom. The molecule has 2 nitrogen and oxygen atoms in total. The van der Waals surface area contributed by atoms with Crippen LogP contribution in [0.25, 0.3) is 5.70 Å².